The van der Waals surface area contributed by atoms with Crippen molar-refractivity contribution in [1.82, 2.24) is 10.2 Å². The van der Waals surface area contributed by atoms with Crippen molar-refractivity contribution in [1.29, 1.82) is 0 Å². The minimum Gasteiger partial charge on any atom is -0.368 e. The molecule has 0 amide bonds. The number of methoxy groups -OCH3 is 1. The maximum atomic E-state index is 5.86. The average Bonchev–Trinajstić information content (AvgIpc) is 2.68. The third kappa shape index (κ3) is 2.65. The van der Waals surface area contributed by atoms with Crippen molar-refractivity contribution in [3.8, 4) is 0 Å². The zero-order valence-corrected chi connectivity index (χ0v) is 15.0. The molecule has 2 aliphatic rings. The highest BCUT2D eigenvalue weighted by Gasteiger charge is 2.51. The van der Waals surface area contributed by atoms with Crippen LogP contribution in [0.2, 0.25) is 11.6 Å². The summed E-state index contributed by atoms with van der Waals surface area (Å²) in [5, 5.41) is 3.63. The molecule has 0 radical (unpaired) electrons. The molecule has 1 N–H and O–H groups in total. The third-order valence-electron chi connectivity index (χ3n) is 5.97. The van der Waals surface area contributed by atoms with E-state index in [1.54, 1.807) is 0 Å². The van der Waals surface area contributed by atoms with Gasteiger partial charge in [-0.1, -0.05) is 0 Å². The highest BCUT2D eigenvalue weighted by Crippen LogP contribution is 2.47. The summed E-state index contributed by atoms with van der Waals surface area (Å²) in [6, 6.07) is 1.38. The summed E-state index contributed by atoms with van der Waals surface area (Å²) in [5.41, 5.74) is 1.48. The Morgan fingerprint density at radius 2 is 1.63 bits per heavy atom. The van der Waals surface area contributed by atoms with Crippen LogP contribution in [-0.2, 0) is 4.74 Å². The first-order valence-electron chi connectivity index (χ1n) is 7.66. The molecular weight excluding hydrogens is 252 g/mol. The van der Waals surface area contributed by atoms with Crippen LogP contribution < -0.4 is 5.32 Å². The van der Waals surface area contributed by atoms with Gasteiger partial charge in [-0.25, -0.2) is 0 Å². The van der Waals surface area contributed by atoms with E-state index in [0.29, 0.717) is 11.1 Å². The second kappa shape index (κ2) is 4.83. The van der Waals surface area contributed by atoms with E-state index in [-0.39, 0.29) is 5.35 Å². The Balaban J connectivity index is 2.22. The van der Waals surface area contributed by atoms with Crippen molar-refractivity contribution in [2.24, 2.45) is 0 Å². The van der Waals surface area contributed by atoms with Crippen LogP contribution >= 0.6 is 0 Å². The number of nitrogens with zero attached hydrogens (tertiary/aromatic N) is 1. The third-order valence-corrected chi connectivity index (χ3v) is 10.3. The number of hydrogen-bond acceptors (Lipinski definition) is 3. The minimum absolute atomic E-state index is 0.00668. The van der Waals surface area contributed by atoms with Crippen molar-refractivity contribution in [3.63, 3.8) is 0 Å². The Labute approximate surface area is 120 Å². The van der Waals surface area contributed by atoms with Crippen molar-refractivity contribution in [2.45, 2.75) is 75.5 Å². The van der Waals surface area contributed by atoms with Gasteiger partial charge < -0.3 is 4.74 Å². The highest BCUT2D eigenvalue weighted by molar-refractivity contribution is 6.64. The Morgan fingerprint density at radius 3 is 2.11 bits per heavy atom. The molecule has 4 heteroatoms. The molecule has 0 aromatic heterocycles. The second-order valence-electron chi connectivity index (χ2n) is 7.99. The smallest absolute Gasteiger partial charge is 0.0988 e. The van der Waals surface area contributed by atoms with Crippen molar-refractivity contribution >= 4 is 8.80 Å². The standard InChI is InChI=1S/C15H32N2OSi/c1-13(2)10-12(11-14(3,4)17(13)6)19-9-8-16-15(19,5)18-7/h12,16,19H,8-11H2,1-7H3. The monoisotopic (exact) mass is 284 g/mol. The summed E-state index contributed by atoms with van der Waals surface area (Å²) in [6.07, 6.45) is 2.65. The fraction of sp³-hybridized carbons (Fsp3) is 1.00. The van der Waals surface area contributed by atoms with Crippen LogP contribution in [0.4, 0.5) is 0 Å². The molecule has 2 heterocycles. The maximum absolute atomic E-state index is 5.86. The van der Waals surface area contributed by atoms with Gasteiger partial charge in [0.2, 0.25) is 0 Å². The van der Waals surface area contributed by atoms with Crippen LogP contribution in [0, 0.1) is 0 Å². The zero-order chi connectivity index (χ0) is 14.5. The van der Waals surface area contributed by atoms with Crippen LogP contribution in [0.5, 0.6) is 0 Å². The molecule has 0 spiro atoms. The normalized spacial score (nSPS) is 39.6. The van der Waals surface area contributed by atoms with Crippen molar-refractivity contribution < 1.29 is 4.74 Å². The van der Waals surface area contributed by atoms with E-state index in [4.69, 9.17) is 4.74 Å². The van der Waals surface area contributed by atoms with Gasteiger partial charge in [-0.3, -0.25) is 10.2 Å². The van der Waals surface area contributed by atoms with Gasteiger partial charge in [-0.05, 0) is 72.6 Å². The lowest BCUT2D eigenvalue weighted by atomic mass is 9.80. The quantitative estimate of drug-likeness (QED) is 0.788. The van der Waals surface area contributed by atoms with E-state index < -0.39 is 8.80 Å². The molecule has 2 fully saturated rings. The zero-order valence-electron chi connectivity index (χ0n) is 13.8. The predicted octanol–water partition coefficient (Wildman–Crippen LogP) is 2.37. The van der Waals surface area contributed by atoms with Crippen LogP contribution in [0.25, 0.3) is 0 Å². The molecule has 0 saturated carbocycles. The summed E-state index contributed by atoms with van der Waals surface area (Å²) >= 11 is 0. The summed E-state index contributed by atoms with van der Waals surface area (Å²) in [4.78, 5) is 2.58. The number of rotatable bonds is 2. The number of ether oxygens (including phenoxy) is 1. The Morgan fingerprint density at radius 1 is 1.11 bits per heavy atom. The average molecular weight is 285 g/mol. The van der Waals surface area contributed by atoms with Crippen LogP contribution in [0.15, 0.2) is 0 Å². The van der Waals surface area contributed by atoms with E-state index >= 15 is 0 Å². The van der Waals surface area contributed by atoms with Crippen molar-refractivity contribution in [2.75, 3.05) is 20.7 Å². The first kappa shape index (κ1) is 15.5. The first-order valence-corrected chi connectivity index (χ1v) is 9.72. The van der Waals surface area contributed by atoms with E-state index in [9.17, 15) is 0 Å². The van der Waals surface area contributed by atoms with E-state index in [1.807, 2.05) is 7.11 Å². The van der Waals surface area contributed by atoms with Gasteiger partial charge in [0, 0.05) is 18.2 Å². The van der Waals surface area contributed by atoms with Gasteiger partial charge in [-0.15, -0.1) is 0 Å². The van der Waals surface area contributed by atoms with Crippen molar-refractivity contribution in [3.05, 3.63) is 0 Å². The molecule has 2 atom stereocenters. The molecule has 0 aliphatic carbocycles. The van der Waals surface area contributed by atoms with Gasteiger partial charge >= 0.3 is 0 Å². The number of hydrogen-bond donors (Lipinski definition) is 1. The fourth-order valence-corrected chi connectivity index (χ4v) is 9.33. The van der Waals surface area contributed by atoms with Crippen LogP contribution in [0.1, 0.15) is 47.5 Å². The van der Waals surface area contributed by atoms with Gasteiger partial charge in [0.25, 0.3) is 0 Å². The minimum atomic E-state index is -0.944. The summed E-state index contributed by atoms with van der Waals surface area (Å²) in [7, 11) is 3.23. The summed E-state index contributed by atoms with van der Waals surface area (Å²) in [5.74, 6) is 0. The largest absolute Gasteiger partial charge is 0.368 e. The highest BCUT2D eigenvalue weighted by atomic mass is 28.3. The molecule has 0 bridgehead atoms. The Kier molecular flexibility index (Phi) is 3.94. The fourth-order valence-electron chi connectivity index (χ4n) is 4.52. The lowest BCUT2D eigenvalue weighted by molar-refractivity contribution is -0.00665. The molecule has 0 aromatic rings. The van der Waals surface area contributed by atoms with E-state index in [0.717, 1.165) is 12.1 Å². The Hall–Kier alpha value is 0.0969. The lowest BCUT2D eigenvalue weighted by Gasteiger charge is -2.55. The van der Waals surface area contributed by atoms with E-state index in [1.165, 1.54) is 18.9 Å². The molecule has 0 aromatic carbocycles. The topological polar surface area (TPSA) is 24.5 Å². The first-order chi connectivity index (χ1) is 8.62. The van der Waals surface area contributed by atoms with Gasteiger partial charge in [0.1, 0.15) is 0 Å². The molecule has 3 nitrogen and oxygen atoms in total. The predicted molar refractivity (Wildman–Crippen MR) is 84.3 cm³/mol. The molecule has 112 valence electrons. The van der Waals surface area contributed by atoms with Crippen LogP contribution in [0.3, 0.4) is 0 Å². The summed E-state index contributed by atoms with van der Waals surface area (Å²) < 4.78 is 5.86. The molecule has 2 unspecified atom stereocenters. The molecule has 2 saturated heterocycles. The van der Waals surface area contributed by atoms with Crippen LogP contribution in [-0.4, -0.2) is 50.8 Å². The molecule has 19 heavy (non-hydrogen) atoms. The van der Waals surface area contributed by atoms with Gasteiger partial charge in [-0.2, -0.15) is 0 Å². The second-order valence-corrected chi connectivity index (χ2v) is 11.8. The Bertz CT molecular complexity index is 327. The van der Waals surface area contributed by atoms with E-state index in [2.05, 4.69) is 51.9 Å². The summed E-state index contributed by atoms with van der Waals surface area (Å²) in [6.45, 7) is 13.1. The number of likely N-dealkylation sites (tertiary alicyclic amines) is 1. The van der Waals surface area contributed by atoms with Gasteiger partial charge in [0.05, 0.1) is 14.1 Å². The number of piperidine rings is 1. The molecule has 2 aliphatic heterocycles. The SMILES string of the molecule is COC1(C)NCC[SiH]1C1CC(C)(C)N(C)C(C)(C)C1. The maximum Gasteiger partial charge on any atom is 0.0988 e. The number of nitrogens with one attached hydrogen (secondary N) is 1. The van der Waals surface area contributed by atoms with Gasteiger partial charge in [0.15, 0.2) is 0 Å². The lowest BCUT2D eigenvalue weighted by Crippen LogP contribution is -2.61. The molecule has 2 rings (SSSR count). The molecular formula is C15H32N2OSi.